The van der Waals surface area contributed by atoms with E-state index >= 15 is 0 Å². The van der Waals surface area contributed by atoms with Gasteiger partial charge >= 0.3 is 0 Å². The summed E-state index contributed by atoms with van der Waals surface area (Å²) < 4.78 is 26.4. The van der Waals surface area contributed by atoms with Crippen molar-refractivity contribution < 1.29 is 12.6 Å². The Balaban J connectivity index is 2.26. The summed E-state index contributed by atoms with van der Waals surface area (Å²) >= 11 is 0. The lowest BCUT2D eigenvalue weighted by Crippen LogP contribution is -2.02. The average molecular weight is 237 g/mol. The second kappa shape index (κ2) is 4.19. The van der Waals surface area contributed by atoms with Gasteiger partial charge in [-0.15, -0.1) is 0 Å². The summed E-state index contributed by atoms with van der Waals surface area (Å²) in [6.45, 7) is 0.0592. The van der Waals surface area contributed by atoms with E-state index in [1.807, 2.05) is 24.3 Å². The number of rotatable bonds is 3. The summed E-state index contributed by atoms with van der Waals surface area (Å²) in [7, 11) is -3.39. The molecular formula is C11H11NO3S. The number of hydrogen-bond acceptors (Lipinski definition) is 4. The van der Waals surface area contributed by atoms with Crippen molar-refractivity contribution in [2.75, 3.05) is 6.26 Å². The van der Waals surface area contributed by atoms with Gasteiger partial charge in [0.1, 0.15) is 0 Å². The molecule has 0 N–H and O–H groups in total. The third kappa shape index (κ3) is 2.77. The zero-order chi connectivity index (χ0) is 11.6. The maximum atomic E-state index is 10.8. The predicted octanol–water partition coefficient (Wildman–Crippen LogP) is 1.71. The first-order valence-corrected chi connectivity index (χ1v) is 6.53. The van der Waals surface area contributed by atoms with Gasteiger partial charge in [-0.1, -0.05) is 12.1 Å². The lowest BCUT2D eigenvalue weighted by molar-refractivity contribution is 0.312. The predicted molar refractivity (Wildman–Crippen MR) is 61.4 cm³/mol. The Kier molecular flexibility index (Phi) is 2.89. The van der Waals surface area contributed by atoms with Crippen LogP contribution in [0.3, 0.4) is 0 Å². The number of pyridine rings is 1. The summed E-state index contributed by atoms with van der Waals surface area (Å²) in [4.78, 5) is 4.00. The number of aromatic nitrogens is 1. The quantitative estimate of drug-likeness (QED) is 0.762. The van der Waals surface area contributed by atoms with Crippen LogP contribution in [0.4, 0.5) is 0 Å². The van der Waals surface area contributed by atoms with E-state index in [-0.39, 0.29) is 6.61 Å². The van der Waals surface area contributed by atoms with Crippen LogP contribution < -0.4 is 0 Å². The molecule has 0 aliphatic carbocycles. The van der Waals surface area contributed by atoms with E-state index in [0.29, 0.717) is 0 Å². The van der Waals surface area contributed by atoms with Gasteiger partial charge in [-0.05, 0) is 23.1 Å². The lowest BCUT2D eigenvalue weighted by atomic mass is 10.1. The second-order valence-electron chi connectivity index (χ2n) is 3.52. The Labute approximate surface area is 94.0 Å². The second-order valence-corrected chi connectivity index (χ2v) is 5.17. The molecule has 4 nitrogen and oxygen atoms in total. The van der Waals surface area contributed by atoms with Crippen molar-refractivity contribution in [1.29, 1.82) is 0 Å². The number of hydrogen-bond donors (Lipinski definition) is 0. The molecule has 16 heavy (non-hydrogen) atoms. The van der Waals surface area contributed by atoms with E-state index in [1.165, 1.54) is 0 Å². The van der Waals surface area contributed by atoms with Crippen LogP contribution in [0.15, 0.2) is 36.7 Å². The van der Waals surface area contributed by atoms with E-state index in [9.17, 15) is 8.42 Å². The summed E-state index contributed by atoms with van der Waals surface area (Å²) in [6.07, 6.45) is 4.49. The van der Waals surface area contributed by atoms with Crippen LogP contribution in [-0.4, -0.2) is 19.7 Å². The number of benzene rings is 1. The highest BCUT2D eigenvalue weighted by Gasteiger charge is 2.03. The van der Waals surface area contributed by atoms with Gasteiger partial charge in [0, 0.05) is 17.8 Å². The molecule has 2 rings (SSSR count). The van der Waals surface area contributed by atoms with Gasteiger partial charge in [0.15, 0.2) is 0 Å². The largest absolute Gasteiger partial charge is 0.265 e. The molecule has 0 saturated carbocycles. The Morgan fingerprint density at radius 3 is 2.81 bits per heavy atom. The van der Waals surface area contributed by atoms with Crippen molar-refractivity contribution in [2.24, 2.45) is 0 Å². The van der Waals surface area contributed by atoms with Gasteiger partial charge in [-0.2, -0.15) is 8.42 Å². The van der Waals surface area contributed by atoms with Gasteiger partial charge < -0.3 is 0 Å². The minimum absolute atomic E-state index is 0.0592. The fraction of sp³-hybridized carbons (Fsp3) is 0.182. The zero-order valence-electron chi connectivity index (χ0n) is 8.75. The van der Waals surface area contributed by atoms with Crippen molar-refractivity contribution in [3.05, 3.63) is 42.2 Å². The minimum Gasteiger partial charge on any atom is -0.265 e. The SMILES string of the molecule is CS(=O)(=O)OCc1ccc2ccncc2c1. The highest BCUT2D eigenvalue weighted by molar-refractivity contribution is 7.85. The van der Waals surface area contributed by atoms with Gasteiger partial charge in [-0.25, -0.2) is 0 Å². The summed E-state index contributed by atoms with van der Waals surface area (Å²) in [6, 6.07) is 7.52. The van der Waals surface area contributed by atoms with Gasteiger partial charge in [0.25, 0.3) is 10.1 Å². The molecule has 2 aromatic rings. The third-order valence-electron chi connectivity index (χ3n) is 2.14. The van der Waals surface area contributed by atoms with E-state index < -0.39 is 10.1 Å². The molecule has 1 heterocycles. The highest BCUT2D eigenvalue weighted by Crippen LogP contribution is 2.15. The standard InChI is InChI=1S/C11H11NO3S/c1-16(13,14)15-8-9-2-3-10-4-5-12-7-11(10)6-9/h2-7H,8H2,1H3. The molecule has 0 fully saturated rings. The first-order valence-electron chi connectivity index (χ1n) is 4.72. The molecule has 5 heteroatoms. The van der Waals surface area contributed by atoms with Gasteiger partial charge in [0.05, 0.1) is 12.9 Å². The van der Waals surface area contributed by atoms with Gasteiger partial charge in [-0.3, -0.25) is 9.17 Å². The molecule has 0 aliphatic rings. The minimum atomic E-state index is -3.39. The molecule has 1 aromatic heterocycles. The maximum absolute atomic E-state index is 10.8. The van der Waals surface area contributed by atoms with E-state index in [2.05, 4.69) is 4.98 Å². The van der Waals surface area contributed by atoms with Crippen LogP contribution >= 0.6 is 0 Å². The fourth-order valence-corrected chi connectivity index (χ4v) is 1.75. The highest BCUT2D eigenvalue weighted by atomic mass is 32.2. The van der Waals surface area contributed by atoms with Crippen LogP contribution in [0.1, 0.15) is 5.56 Å². The van der Waals surface area contributed by atoms with Crippen LogP contribution in [0.5, 0.6) is 0 Å². The van der Waals surface area contributed by atoms with Crippen molar-refractivity contribution in [3.63, 3.8) is 0 Å². The first-order chi connectivity index (χ1) is 7.54. The summed E-state index contributed by atoms with van der Waals surface area (Å²) in [5.74, 6) is 0. The van der Waals surface area contributed by atoms with Crippen LogP contribution in [0, 0.1) is 0 Å². The Morgan fingerprint density at radius 2 is 2.06 bits per heavy atom. The van der Waals surface area contributed by atoms with E-state index in [4.69, 9.17) is 4.18 Å². The molecule has 0 unspecified atom stereocenters. The Bertz CT molecular complexity index is 607. The smallest absolute Gasteiger partial charge is 0.264 e. The fourth-order valence-electron chi connectivity index (χ4n) is 1.40. The Morgan fingerprint density at radius 1 is 1.25 bits per heavy atom. The summed E-state index contributed by atoms with van der Waals surface area (Å²) in [5, 5.41) is 2.04. The molecule has 0 bridgehead atoms. The van der Waals surface area contributed by atoms with Crippen LogP contribution in [-0.2, 0) is 20.9 Å². The first kappa shape index (κ1) is 11.0. The molecule has 0 saturated heterocycles. The van der Waals surface area contributed by atoms with E-state index in [1.54, 1.807) is 12.4 Å². The zero-order valence-corrected chi connectivity index (χ0v) is 9.57. The van der Waals surface area contributed by atoms with E-state index in [0.717, 1.165) is 22.6 Å². The molecule has 1 aromatic carbocycles. The summed E-state index contributed by atoms with van der Waals surface area (Å²) in [5.41, 5.74) is 0.811. The van der Waals surface area contributed by atoms with Crippen molar-refractivity contribution in [2.45, 2.75) is 6.61 Å². The topological polar surface area (TPSA) is 56.3 Å². The van der Waals surface area contributed by atoms with Crippen LogP contribution in [0.2, 0.25) is 0 Å². The van der Waals surface area contributed by atoms with Crippen molar-refractivity contribution in [1.82, 2.24) is 4.98 Å². The monoisotopic (exact) mass is 237 g/mol. The molecule has 0 aliphatic heterocycles. The van der Waals surface area contributed by atoms with Gasteiger partial charge in [0.2, 0.25) is 0 Å². The lowest BCUT2D eigenvalue weighted by Gasteiger charge is -2.03. The average Bonchev–Trinajstić information content (AvgIpc) is 2.25. The number of nitrogens with zero attached hydrogens (tertiary/aromatic N) is 1. The molecule has 0 amide bonds. The van der Waals surface area contributed by atoms with Crippen LogP contribution in [0.25, 0.3) is 10.8 Å². The molecular weight excluding hydrogens is 226 g/mol. The van der Waals surface area contributed by atoms with Crippen molar-refractivity contribution >= 4 is 20.9 Å². The number of fused-ring (bicyclic) bond motifs is 1. The van der Waals surface area contributed by atoms with Crippen molar-refractivity contribution in [3.8, 4) is 0 Å². The molecule has 0 radical (unpaired) electrons. The normalized spacial score (nSPS) is 11.8. The molecule has 0 atom stereocenters. The molecule has 84 valence electrons. The third-order valence-corrected chi connectivity index (χ3v) is 2.69. The maximum Gasteiger partial charge on any atom is 0.264 e. The Hall–Kier alpha value is -1.46. The molecule has 0 spiro atoms.